The van der Waals surface area contributed by atoms with Crippen LogP contribution in [-0.2, 0) is 4.74 Å². The van der Waals surface area contributed by atoms with Gasteiger partial charge in [-0.2, -0.15) is 0 Å². The molecule has 0 N–H and O–H groups in total. The summed E-state index contributed by atoms with van der Waals surface area (Å²) in [5.74, 6) is 0.791. The molecular weight excluding hydrogens is 246 g/mol. The zero-order valence-electron chi connectivity index (χ0n) is 10.9. The highest BCUT2D eigenvalue weighted by atomic mass is 32.2. The second-order valence-corrected chi connectivity index (χ2v) is 5.39. The van der Waals surface area contributed by atoms with Gasteiger partial charge in [0.1, 0.15) is 0 Å². The van der Waals surface area contributed by atoms with Gasteiger partial charge in [-0.15, -0.1) is 11.8 Å². The average molecular weight is 265 g/mol. The van der Waals surface area contributed by atoms with Crippen LogP contribution < -0.4 is 0 Å². The number of thioether (sulfide) groups is 1. The molecule has 18 heavy (non-hydrogen) atoms. The van der Waals surface area contributed by atoms with E-state index in [9.17, 15) is 4.79 Å². The van der Waals surface area contributed by atoms with Crippen molar-refractivity contribution in [2.75, 3.05) is 25.4 Å². The maximum atomic E-state index is 11.6. The van der Waals surface area contributed by atoms with Gasteiger partial charge in [0.2, 0.25) is 0 Å². The van der Waals surface area contributed by atoms with Crippen LogP contribution >= 0.6 is 11.8 Å². The highest BCUT2D eigenvalue weighted by Gasteiger charge is 2.30. The number of benzene rings is 1. The Balaban J connectivity index is 1.90. The van der Waals surface area contributed by atoms with Crippen molar-refractivity contribution >= 4 is 17.7 Å². The lowest BCUT2D eigenvalue weighted by Crippen LogP contribution is -2.25. The Morgan fingerprint density at radius 2 is 2.00 bits per heavy atom. The third-order valence-electron chi connectivity index (χ3n) is 3.22. The summed E-state index contributed by atoms with van der Waals surface area (Å²) in [6.07, 6.45) is 0. The maximum absolute atomic E-state index is 11.6. The van der Waals surface area contributed by atoms with E-state index in [1.807, 2.05) is 24.3 Å². The average Bonchev–Trinajstić information content (AvgIpc) is 2.72. The Morgan fingerprint density at radius 1 is 1.28 bits per heavy atom. The molecule has 1 aromatic carbocycles. The Hall–Kier alpha value is -1.00. The zero-order valence-corrected chi connectivity index (χ0v) is 11.7. The molecule has 0 aromatic heterocycles. The van der Waals surface area contributed by atoms with E-state index in [1.165, 1.54) is 0 Å². The van der Waals surface area contributed by atoms with Crippen molar-refractivity contribution in [3.05, 3.63) is 35.4 Å². The monoisotopic (exact) mass is 265 g/mol. The van der Waals surface area contributed by atoms with Crippen LogP contribution in [0.1, 0.15) is 35.2 Å². The fourth-order valence-electron chi connectivity index (χ4n) is 2.07. The Bertz CT molecular complexity index is 418. The van der Waals surface area contributed by atoms with Crippen LogP contribution in [0, 0.1) is 0 Å². The van der Waals surface area contributed by atoms with Gasteiger partial charge < -0.3 is 9.64 Å². The van der Waals surface area contributed by atoms with Crippen LogP contribution in [0.15, 0.2) is 24.3 Å². The summed E-state index contributed by atoms with van der Waals surface area (Å²) < 4.78 is 5.39. The molecule has 0 saturated heterocycles. The number of nitrogens with zero attached hydrogens (tertiary/aromatic N) is 1. The molecule has 1 heterocycles. The first-order valence-electron chi connectivity index (χ1n) is 6.40. The summed E-state index contributed by atoms with van der Waals surface area (Å²) in [6.45, 7) is 7.50. The standard InChI is InChI=1S/C14H19NO2S/c1-3-15(4-2)9-10-18-14-12-8-6-5-7-11(12)13(16)17-14/h5-8,14H,3-4,9-10H2,1-2H3/t14-/m0/s1. The predicted octanol–water partition coefficient (Wildman–Crippen LogP) is 2.93. The number of esters is 1. The first-order valence-corrected chi connectivity index (χ1v) is 7.45. The molecule has 0 radical (unpaired) electrons. The van der Waals surface area contributed by atoms with E-state index in [0.717, 1.165) is 36.5 Å². The first kappa shape index (κ1) is 13.4. The minimum Gasteiger partial charge on any atom is -0.443 e. The Kier molecular flexibility index (Phi) is 4.66. The topological polar surface area (TPSA) is 29.5 Å². The number of hydrogen-bond donors (Lipinski definition) is 0. The Labute approximate surface area is 113 Å². The van der Waals surface area contributed by atoms with Gasteiger partial charge in [0, 0.05) is 17.9 Å². The van der Waals surface area contributed by atoms with E-state index in [-0.39, 0.29) is 11.4 Å². The fourth-order valence-corrected chi connectivity index (χ4v) is 3.18. The number of fused-ring (bicyclic) bond motifs is 1. The smallest absolute Gasteiger partial charge is 0.340 e. The highest BCUT2D eigenvalue weighted by Crippen LogP contribution is 2.38. The second kappa shape index (κ2) is 6.25. The van der Waals surface area contributed by atoms with Crippen molar-refractivity contribution in [1.82, 2.24) is 4.90 Å². The van der Waals surface area contributed by atoms with Crippen LogP contribution in [-0.4, -0.2) is 36.3 Å². The van der Waals surface area contributed by atoms with Crippen molar-refractivity contribution in [1.29, 1.82) is 0 Å². The molecule has 0 bridgehead atoms. The van der Waals surface area contributed by atoms with Crippen LogP contribution in [0.4, 0.5) is 0 Å². The molecule has 0 spiro atoms. The van der Waals surface area contributed by atoms with E-state index in [4.69, 9.17) is 4.74 Å². The summed E-state index contributed by atoms with van der Waals surface area (Å²) >= 11 is 1.70. The molecule has 2 rings (SSSR count). The first-order chi connectivity index (χ1) is 8.76. The molecule has 0 unspecified atom stereocenters. The van der Waals surface area contributed by atoms with E-state index < -0.39 is 0 Å². The zero-order chi connectivity index (χ0) is 13.0. The summed E-state index contributed by atoms with van der Waals surface area (Å²) in [6, 6.07) is 7.65. The normalized spacial score (nSPS) is 17.9. The predicted molar refractivity (Wildman–Crippen MR) is 74.8 cm³/mol. The van der Waals surface area contributed by atoms with Gasteiger partial charge in [0.15, 0.2) is 5.44 Å². The van der Waals surface area contributed by atoms with Gasteiger partial charge in [0.25, 0.3) is 0 Å². The molecule has 0 saturated carbocycles. The second-order valence-electron chi connectivity index (χ2n) is 4.22. The van der Waals surface area contributed by atoms with Crippen LogP contribution in [0.5, 0.6) is 0 Å². The lowest BCUT2D eigenvalue weighted by Gasteiger charge is -2.18. The highest BCUT2D eigenvalue weighted by molar-refractivity contribution is 7.99. The minimum atomic E-state index is -0.189. The third kappa shape index (κ3) is 2.87. The molecule has 1 aliphatic rings. The summed E-state index contributed by atoms with van der Waals surface area (Å²) in [7, 11) is 0. The molecule has 4 heteroatoms. The van der Waals surface area contributed by atoms with Gasteiger partial charge in [-0.1, -0.05) is 32.0 Å². The maximum Gasteiger partial charge on any atom is 0.340 e. The molecule has 0 aliphatic carbocycles. The van der Waals surface area contributed by atoms with E-state index >= 15 is 0 Å². The van der Waals surface area contributed by atoms with E-state index in [2.05, 4.69) is 18.7 Å². The van der Waals surface area contributed by atoms with E-state index in [1.54, 1.807) is 11.8 Å². The molecule has 0 fully saturated rings. The number of carbonyl (C=O) groups excluding carboxylic acids is 1. The summed E-state index contributed by atoms with van der Waals surface area (Å²) in [5, 5.41) is 0. The lowest BCUT2D eigenvalue weighted by atomic mass is 10.1. The van der Waals surface area contributed by atoms with Crippen LogP contribution in [0.3, 0.4) is 0 Å². The van der Waals surface area contributed by atoms with Crippen molar-refractivity contribution in [3.8, 4) is 0 Å². The van der Waals surface area contributed by atoms with Gasteiger partial charge in [-0.05, 0) is 19.2 Å². The number of rotatable bonds is 6. The molecule has 1 aliphatic heterocycles. The minimum absolute atomic E-state index is 0.121. The quantitative estimate of drug-likeness (QED) is 0.740. The van der Waals surface area contributed by atoms with Crippen LogP contribution in [0.2, 0.25) is 0 Å². The fraction of sp³-hybridized carbons (Fsp3) is 0.500. The van der Waals surface area contributed by atoms with Gasteiger partial charge in [-0.3, -0.25) is 0 Å². The summed E-state index contributed by atoms with van der Waals surface area (Å²) in [5.41, 5.74) is 1.62. The van der Waals surface area contributed by atoms with Gasteiger partial charge in [-0.25, -0.2) is 4.79 Å². The molecule has 1 aromatic rings. The molecular formula is C14H19NO2S. The largest absolute Gasteiger partial charge is 0.443 e. The summed E-state index contributed by atoms with van der Waals surface area (Å²) in [4.78, 5) is 14.0. The van der Waals surface area contributed by atoms with Crippen LogP contribution in [0.25, 0.3) is 0 Å². The number of carbonyl (C=O) groups is 1. The SMILES string of the molecule is CCN(CC)CCS[C@@H]1OC(=O)c2ccccc21. The van der Waals surface area contributed by atoms with Crippen molar-refractivity contribution in [2.24, 2.45) is 0 Å². The molecule has 0 amide bonds. The van der Waals surface area contributed by atoms with E-state index in [0.29, 0.717) is 0 Å². The third-order valence-corrected chi connectivity index (χ3v) is 4.29. The van der Waals surface area contributed by atoms with Gasteiger partial charge >= 0.3 is 5.97 Å². The number of hydrogen-bond acceptors (Lipinski definition) is 4. The lowest BCUT2D eigenvalue weighted by molar-refractivity contribution is 0.0522. The van der Waals surface area contributed by atoms with Gasteiger partial charge in [0.05, 0.1) is 5.56 Å². The molecule has 1 atom stereocenters. The van der Waals surface area contributed by atoms with Crippen molar-refractivity contribution in [3.63, 3.8) is 0 Å². The molecule has 98 valence electrons. The van der Waals surface area contributed by atoms with Crippen molar-refractivity contribution < 1.29 is 9.53 Å². The Morgan fingerprint density at radius 3 is 2.72 bits per heavy atom. The molecule has 3 nitrogen and oxygen atoms in total. The number of cyclic esters (lactones) is 1. The van der Waals surface area contributed by atoms with Crippen molar-refractivity contribution in [2.45, 2.75) is 19.3 Å². The number of ether oxygens (including phenoxy) is 1.